The molecule has 7 heteroatoms. The van der Waals surface area contributed by atoms with Crippen molar-refractivity contribution in [3.8, 4) is 11.5 Å². The Bertz CT molecular complexity index is 1700. The van der Waals surface area contributed by atoms with Crippen LogP contribution in [0.25, 0.3) is 0 Å². The van der Waals surface area contributed by atoms with Gasteiger partial charge in [0.15, 0.2) is 23.1 Å². The summed E-state index contributed by atoms with van der Waals surface area (Å²) in [6.45, 7) is 12.2. The number of Topliss-reactive ketones (excluding diaryl/α,β-unsaturated/α-hetero) is 2. The average Bonchev–Trinajstić information content (AvgIpc) is 2.99. The van der Waals surface area contributed by atoms with Gasteiger partial charge >= 0.3 is 0 Å². The van der Waals surface area contributed by atoms with Gasteiger partial charge in [-0.25, -0.2) is 0 Å². The number of hydrogen-bond acceptors (Lipinski definition) is 5. The van der Waals surface area contributed by atoms with E-state index in [1.807, 2.05) is 43.3 Å². The summed E-state index contributed by atoms with van der Waals surface area (Å²) in [5.41, 5.74) is 6.49. The Kier molecular flexibility index (Phi) is 9.65. The van der Waals surface area contributed by atoms with Crippen molar-refractivity contribution in [2.45, 2.75) is 79.2 Å². The number of ether oxygens (including phenoxy) is 2. The predicted octanol–water partition coefficient (Wildman–Crippen LogP) is 9.85. The van der Waals surface area contributed by atoms with Crippen molar-refractivity contribution in [1.82, 2.24) is 4.90 Å². The average molecular weight is 764 g/mol. The Hall–Kier alpha value is -3.10. The molecule has 0 N–H and O–H groups in total. The van der Waals surface area contributed by atoms with Crippen molar-refractivity contribution >= 4 is 45.8 Å². The van der Waals surface area contributed by atoms with Gasteiger partial charge in [-0.05, 0) is 101 Å². The summed E-state index contributed by atoms with van der Waals surface area (Å²) in [6.07, 6.45) is 3.29. The van der Waals surface area contributed by atoms with Crippen molar-refractivity contribution in [2.75, 3.05) is 13.2 Å². The molecule has 3 aromatic carbocycles. The van der Waals surface area contributed by atoms with E-state index in [0.29, 0.717) is 42.6 Å². The number of hydrogen-bond donors (Lipinski definition) is 0. The minimum absolute atomic E-state index is 0.131. The van der Waals surface area contributed by atoms with Crippen molar-refractivity contribution in [3.63, 3.8) is 0 Å². The van der Waals surface area contributed by atoms with Crippen LogP contribution >= 0.6 is 34.2 Å². The zero-order valence-corrected chi connectivity index (χ0v) is 30.8. The first-order valence-corrected chi connectivity index (χ1v) is 18.0. The van der Waals surface area contributed by atoms with E-state index < -0.39 is 5.92 Å². The third-order valence-corrected chi connectivity index (χ3v) is 10.5. The van der Waals surface area contributed by atoms with Crippen molar-refractivity contribution in [3.05, 3.63) is 115 Å². The van der Waals surface area contributed by atoms with Crippen LogP contribution in [0, 0.1) is 14.4 Å². The van der Waals surface area contributed by atoms with Gasteiger partial charge in [0.1, 0.15) is 6.61 Å². The summed E-state index contributed by atoms with van der Waals surface area (Å²) < 4.78 is 13.4. The van der Waals surface area contributed by atoms with Crippen molar-refractivity contribution < 1.29 is 19.1 Å². The van der Waals surface area contributed by atoms with Crippen molar-refractivity contribution in [1.29, 1.82) is 0 Å². The van der Waals surface area contributed by atoms with E-state index in [1.165, 1.54) is 5.56 Å². The van der Waals surface area contributed by atoms with E-state index in [2.05, 4.69) is 85.5 Å². The van der Waals surface area contributed by atoms with Gasteiger partial charge in [0, 0.05) is 52.9 Å². The van der Waals surface area contributed by atoms with Crippen LogP contribution in [-0.2, 0) is 22.6 Å². The van der Waals surface area contributed by atoms with E-state index in [-0.39, 0.29) is 22.4 Å². The molecule has 0 spiro atoms. The fourth-order valence-electron chi connectivity index (χ4n) is 7.43. The van der Waals surface area contributed by atoms with Crippen LogP contribution in [0.2, 0.25) is 5.02 Å². The fourth-order valence-corrected chi connectivity index (χ4v) is 8.34. The molecular weight excluding hydrogens is 721 g/mol. The summed E-state index contributed by atoms with van der Waals surface area (Å²) >= 11 is 8.39. The number of carbonyl (C=O) groups excluding carboxylic acids is 2. The van der Waals surface area contributed by atoms with Crippen LogP contribution in [0.4, 0.5) is 0 Å². The third kappa shape index (κ3) is 7.19. The first-order valence-electron chi connectivity index (χ1n) is 16.5. The van der Waals surface area contributed by atoms with Gasteiger partial charge in [0.05, 0.1) is 10.2 Å². The molecule has 5 nitrogen and oxygen atoms in total. The van der Waals surface area contributed by atoms with Crippen molar-refractivity contribution in [2.24, 2.45) is 10.8 Å². The highest BCUT2D eigenvalue weighted by molar-refractivity contribution is 14.1. The molecule has 0 bridgehead atoms. The standard InChI is InChI=1S/C40H43ClINO4/c1-6-46-34-19-27(18-29(42)38(34)47-24-26-12-14-28(41)15-13-26)35-36-30(20-39(2,3)22-32(36)44)43(17-16-25-10-8-7-9-11-25)31-21-40(4,5)23-33(45)37(31)35/h7-15,18-19,35H,6,16-17,20-24H2,1-5H3. The van der Waals surface area contributed by atoms with E-state index in [4.69, 9.17) is 21.1 Å². The highest BCUT2D eigenvalue weighted by Gasteiger charge is 2.49. The quantitative estimate of drug-likeness (QED) is 0.203. The molecule has 47 heavy (non-hydrogen) atoms. The summed E-state index contributed by atoms with van der Waals surface area (Å²) in [6, 6.07) is 22.2. The number of rotatable bonds is 9. The van der Waals surface area contributed by atoms with E-state index in [9.17, 15) is 9.59 Å². The number of nitrogens with zero attached hydrogens (tertiary/aromatic N) is 1. The molecule has 2 aliphatic carbocycles. The molecule has 1 aliphatic heterocycles. The zero-order valence-electron chi connectivity index (χ0n) is 27.9. The van der Waals surface area contributed by atoms with Gasteiger partial charge in [-0.15, -0.1) is 0 Å². The van der Waals surface area contributed by atoms with E-state index >= 15 is 0 Å². The molecule has 0 aromatic heterocycles. The second-order valence-electron chi connectivity index (χ2n) is 14.6. The molecule has 0 amide bonds. The second kappa shape index (κ2) is 13.4. The zero-order chi connectivity index (χ0) is 33.5. The Balaban J connectivity index is 1.48. The number of carbonyl (C=O) groups is 2. The molecule has 0 saturated heterocycles. The Morgan fingerprint density at radius 2 is 1.40 bits per heavy atom. The third-order valence-electron chi connectivity index (χ3n) is 9.45. The molecule has 1 heterocycles. The summed E-state index contributed by atoms with van der Waals surface area (Å²) in [5.74, 6) is 1.09. The SMILES string of the molecule is CCOc1cc(C2C3=C(CC(C)(C)CC3=O)N(CCc3ccccc3)C3=C2C(=O)CC(C)(C)C3)cc(I)c1OCc1ccc(Cl)cc1. The predicted molar refractivity (Wildman–Crippen MR) is 196 cm³/mol. The van der Waals surface area contributed by atoms with Crippen LogP contribution in [0.1, 0.15) is 82.9 Å². The summed E-state index contributed by atoms with van der Waals surface area (Å²) in [4.78, 5) is 31.0. The van der Waals surface area contributed by atoms with E-state index in [1.54, 1.807) is 0 Å². The lowest BCUT2D eigenvalue weighted by atomic mass is 9.63. The van der Waals surface area contributed by atoms with Gasteiger partial charge in [-0.2, -0.15) is 0 Å². The minimum atomic E-state index is -0.446. The highest BCUT2D eigenvalue weighted by atomic mass is 127. The molecule has 0 radical (unpaired) electrons. The Morgan fingerprint density at radius 1 is 0.809 bits per heavy atom. The van der Waals surface area contributed by atoms with Gasteiger partial charge in [-0.1, -0.05) is 81.8 Å². The second-order valence-corrected chi connectivity index (χ2v) is 16.2. The first kappa shape index (κ1) is 33.8. The first-order chi connectivity index (χ1) is 22.4. The minimum Gasteiger partial charge on any atom is -0.490 e. The maximum Gasteiger partial charge on any atom is 0.174 e. The largest absolute Gasteiger partial charge is 0.490 e. The smallest absolute Gasteiger partial charge is 0.174 e. The molecular formula is C40H43ClINO4. The van der Waals surface area contributed by atoms with Gasteiger partial charge in [0.2, 0.25) is 0 Å². The van der Waals surface area contributed by atoms with E-state index in [0.717, 1.165) is 63.0 Å². The number of halogens is 2. The van der Waals surface area contributed by atoms with Crippen LogP contribution in [0.3, 0.4) is 0 Å². The Labute approximate surface area is 297 Å². The monoisotopic (exact) mass is 763 g/mol. The summed E-state index contributed by atoms with van der Waals surface area (Å²) in [5, 5.41) is 0.678. The maximum atomic E-state index is 14.3. The summed E-state index contributed by atoms with van der Waals surface area (Å²) in [7, 11) is 0. The normalized spacial score (nSPS) is 19.1. The lowest BCUT2D eigenvalue weighted by Gasteiger charge is -2.49. The van der Waals surface area contributed by atoms with Crippen LogP contribution in [0.5, 0.6) is 11.5 Å². The molecule has 0 unspecified atom stereocenters. The molecule has 3 aromatic rings. The molecule has 6 rings (SSSR count). The van der Waals surface area contributed by atoms with Gasteiger partial charge in [0.25, 0.3) is 0 Å². The lowest BCUT2D eigenvalue weighted by Crippen LogP contribution is -2.45. The molecule has 0 saturated carbocycles. The molecule has 0 atom stereocenters. The fraction of sp³-hybridized carbons (Fsp3) is 0.400. The topological polar surface area (TPSA) is 55.8 Å². The molecule has 0 fully saturated rings. The van der Waals surface area contributed by atoms with Gasteiger partial charge in [-0.3, -0.25) is 9.59 Å². The highest BCUT2D eigenvalue weighted by Crippen LogP contribution is 2.55. The molecule has 246 valence electrons. The lowest BCUT2D eigenvalue weighted by molar-refractivity contribution is -0.119. The maximum absolute atomic E-state index is 14.3. The van der Waals surface area contributed by atoms with Crippen LogP contribution < -0.4 is 9.47 Å². The van der Waals surface area contributed by atoms with Gasteiger partial charge < -0.3 is 14.4 Å². The number of benzene rings is 3. The molecule has 3 aliphatic rings. The number of allylic oxidation sites excluding steroid dienone is 4. The Morgan fingerprint density at radius 3 is 1.98 bits per heavy atom. The van der Waals surface area contributed by atoms with Crippen LogP contribution in [0.15, 0.2) is 89.3 Å². The number of ketones is 2. The van der Waals surface area contributed by atoms with Crippen LogP contribution in [-0.4, -0.2) is 29.6 Å².